The molecule has 2 aliphatic rings. The number of rotatable bonds is 4. The van der Waals surface area contributed by atoms with Gasteiger partial charge in [0.2, 0.25) is 5.91 Å². The molecule has 1 amide bonds. The van der Waals surface area contributed by atoms with E-state index in [-0.39, 0.29) is 11.9 Å². The van der Waals surface area contributed by atoms with Crippen molar-refractivity contribution in [3.8, 4) is 23.3 Å². The zero-order chi connectivity index (χ0) is 25.0. The number of benzene rings is 2. The Balaban J connectivity index is 1.57. The van der Waals surface area contributed by atoms with Gasteiger partial charge in [0.05, 0.1) is 34.6 Å². The lowest BCUT2D eigenvalue weighted by Gasteiger charge is -2.45. The van der Waals surface area contributed by atoms with Crippen molar-refractivity contribution in [2.75, 3.05) is 7.05 Å². The van der Waals surface area contributed by atoms with Crippen LogP contribution in [0.5, 0.6) is 0 Å². The van der Waals surface area contributed by atoms with Gasteiger partial charge in [-0.2, -0.15) is 10.5 Å². The topological polar surface area (TPSA) is 104 Å². The van der Waals surface area contributed by atoms with Gasteiger partial charge >= 0.3 is 0 Å². The first-order chi connectivity index (χ1) is 16.7. The van der Waals surface area contributed by atoms with Crippen molar-refractivity contribution >= 4 is 34.8 Å². The molecule has 1 saturated carbocycles. The van der Waals surface area contributed by atoms with E-state index < -0.39 is 16.9 Å². The summed E-state index contributed by atoms with van der Waals surface area (Å²) >= 11 is 7.72. The molecule has 2 fully saturated rings. The molecule has 1 aliphatic heterocycles. The van der Waals surface area contributed by atoms with Crippen molar-refractivity contribution in [1.82, 2.24) is 10.2 Å². The molecule has 6 nitrogen and oxygen atoms in total. The highest BCUT2D eigenvalue weighted by molar-refractivity contribution is 7.10. The number of likely N-dealkylation sites (N-methyl/N-ethyl adjacent to an activating group) is 1. The summed E-state index contributed by atoms with van der Waals surface area (Å²) in [6.45, 7) is 1.94. The van der Waals surface area contributed by atoms with Gasteiger partial charge in [0.25, 0.3) is 0 Å². The number of guanidine groups is 1. The van der Waals surface area contributed by atoms with Crippen molar-refractivity contribution in [1.29, 1.82) is 15.9 Å². The monoisotopic (exact) mass is 499 g/mol. The molecular formula is C27H22ClN5OS. The van der Waals surface area contributed by atoms with Crippen molar-refractivity contribution in [3.05, 3.63) is 80.5 Å². The van der Waals surface area contributed by atoms with Crippen LogP contribution in [0.2, 0.25) is 5.02 Å². The number of nitriles is 2. The molecule has 2 aromatic carbocycles. The second kappa shape index (κ2) is 8.23. The van der Waals surface area contributed by atoms with Crippen LogP contribution in [-0.2, 0) is 15.7 Å². The number of carbonyl (C=O) groups is 1. The average Bonchev–Trinajstić information content (AvgIpc) is 3.49. The van der Waals surface area contributed by atoms with Crippen LogP contribution in [0.15, 0.2) is 53.9 Å². The second-order valence-corrected chi connectivity index (χ2v) is 10.7. The van der Waals surface area contributed by atoms with E-state index in [1.165, 1.54) is 16.2 Å². The van der Waals surface area contributed by atoms with E-state index >= 15 is 0 Å². The summed E-state index contributed by atoms with van der Waals surface area (Å²) < 4.78 is 0. The largest absolute Gasteiger partial charge is 0.345 e. The first kappa shape index (κ1) is 23.1. The molecule has 1 aromatic heterocycles. The standard InChI is InChI=1S/C27H22ClN5OS/c1-26(22-12-19(14-35-22)18-9-16(13-29)10-21(28)11-18)23(24(34)33(2)25(31)32-26)17-3-5-20(6-4-17)27(15-30)7-8-27/h3-6,9-12,14,23H,7-8H2,1-2H3,(H2,31,32)/t23-,26-/m1/s1. The minimum atomic E-state index is -0.867. The molecule has 2 atom stereocenters. The van der Waals surface area contributed by atoms with E-state index in [2.05, 4.69) is 17.5 Å². The minimum Gasteiger partial charge on any atom is -0.345 e. The zero-order valence-electron chi connectivity index (χ0n) is 19.2. The highest BCUT2D eigenvalue weighted by Crippen LogP contribution is 2.49. The minimum absolute atomic E-state index is 0.0382. The van der Waals surface area contributed by atoms with Crippen molar-refractivity contribution < 1.29 is 4.79 Å². The number of nitrogens with zero attached hydrogens (tertiary/aromatic N) is 3. The summed E-state index contributed by atoms with van der Waals surface area (Å²) in [6.07, 6.45) is 1.72. The third-order valence-electron chi connectivity index (χ3n) is 7.10. The Hall–Kier alpha value is -3.65. The van der Waals surface area contributed by atoms with Crippen LogP contribution in [0.25, 0.3) is 11.1 Å². The number of hydrogen-bond donors (Lipinski definition) is 2. The lowest BCUT2D eigenvalue weighted by atomic mass is 9.76. The van der Waals surface area contributed by atoms with Crippen LogP contribution in [0.4, 0.5) is 0 Å². The van der Waals surface area contributed by atoms with E-state index in [0.717, 1.165) is 40.0 Å². The highest BCUT2D eigenvalue weighted by Gasteiger charge is 2.50. The van der Waals surface area contributed by atoms with E-state index in [1.54, 1.807) is 19.2 Å². The maximum atomic E-state index is 13.5. The van der Waals surface area contributed by atoms with Gasteiger partial charge in [-0.15, -0.1) is 11.3 Å². The fourth-order valence-corrected chi connectivity index (χ4v) is 6.10. The van der Waals surface area contributed by atoms with Crippen LogP contribution >= 0.6 is 22.9 Å². The molecule has 5 rings (SSSR count). The van der Waals surface area contributed by atoms with Gasteiger partial charge in [0.1, 0.15) is 0 Å². The molecule has 2 N–H and O–H groups in total. The predicted octanol–water partition coefficient (Wildman–Crippen LogP) is 5.49. The van der Waals surface area contributed by atoms with E-state index in [4.69, 9.17) is 17.0 Å². The molecule has 0 bridgehead atoms. The van der Waals surface area contributed by atoms with Gasteiger partial charge in [-0.1, -0.05) is 35.9 Å². The lowest BCUT2D eigenvalue weighted by Crippen LogP contribution is -2.62. The number of carbonyl (C=O) groups excluding carboxylic acids is 1. The van der Waals surface area contributed by atoms with Crippen molar-refractivity contribution in [2.24, 2.45) is 0 Å². The van der Waals surface area contributed by atoms with Crippen molar-refractivity contribution in [3.63, 3.8) is 0 Å². The fourth-order valence-electron chi connectivity index (χ4n) is 4.80. The maximum absolute atomic E-state index is 13.5. The van der Waals surface area contributed by atoms with Gasteiger partial charge in [-0.3, -0.25) is 15.1 Å². The number of nitrogens with one attached hydrogen (secondary N) is 2. The maximum Gasteiger partial charge on any atom is 0.239 e. The quantitative estimate of drug-likeness (QED) is 0.495. The molecule has 1 aliphatic carbocycles. The smallest absolute Gasteiger partial charge is 0.239 e. The van der Waals surface area contributed by atoms with E-state index in [9.17, 15) is 15.3 Å². The first-order valence-corrected chi connectivity index (χ1v) is 12.4. The summed E-state index contributed by atoms with van der Waals surface area (Å²) in [7, 11) is 1.60. The van der Waals surface area contributed by atoms with Crippen LogP contribution < -0.4 is 5.32 Å². The summed E-state index contributed by atoms with van der Waals surface area (Å²) in [5, 5.41) is 33.0. The number of amides is 1. The second-order valence-electron chi connectivity index (χ2n) is 9.36. The number of halogens is 1. The highest BCUT2D eigenvalue weighted by atomic mass is 35.5. The molecular weight excluding hydrogens is 478 g/mol. The SMILES string of the molecule is CN1C(=N)N[C@](C)(c2cc(-c3cc(Cl)cc(C#N)c3)cs2)[C@H](c2ccc(C3(C#N)CC3)cc2)C1=O. The molecule has 3 aromatic rings. The number of hydrogen-bond acceptors (Lipinski definition) is 5. The van der Waals surface area contributed by atoms with E-state index in [1.807, 2.05) is 48.7 Å². The molecule has 1 saturated heterocycles. The van der Waals surface area contributed by atoms with Gasteiger partial charge in [0.15, 0.2) is 5.96 Å². The Morgan fingerprint density at radius 1 is 1.14 bits per heavy atom. The van der Waals surface area contributed by atoms with Crippen LogP contribution in [0.1, 0.15) is 47.3 Å². The van der Waals surface area contributed by atoms with Crippen molar-refractivity contribution in [2.45, 2.75) is 36.6 Å². The Labute approximate surface area is 212 Å². The average molecular weight is 500 g/mol. The van der Waals surface area contributed by atoms with Crippen LogP contribution in [0.3, 0.4) is 0 Å². The van der Waals surface area contributed by atoms with Gasteiger partial charge in [-0.25, -0.2) is 0 Å². The predicted molar refractivity (Wildman–Crippen MR) is 136 cm³/mol. The molecule has 2 heterocycles. The molecule has 0 radical (unpaired) electrons. The third-order valence-corrected chi connectivity index (χ3v) is 8.49. The van der Waals surface area contributed by atoms with Crippen LogP contribution in [0, 0.1) is 28.1 Å². The fraction of sp³-hybridized carbons (Fsp3) is 0.259. The molecule has 174 valence electrons. The summed E-state index contributed by atoms with van der Waals surface area (Å²) in [6, 6.07) is 19.5. The Morgan fingerprint density at radius 2 is 1.86 bits per heavy atom. The first-order valence-electron chi connectivity index (χ1n) is 11.2. The van der Waals surface area contributed by atoms with Gasteiger partial charge in [-0.05, 0) is 71.7 Å². The summed E-state index contributed by atoms with van der Waals surface area (Å²) in [5.74, 6) is -0.709. The molecule has 35 heavy (non-hydrogen) atoms. The third kappa shape index (κ3) is 3.78. The molecule has 0 spiro atoms. The Kier molecular flexibility index (Phi) is 5.44. The lowest BCUT2D eigenvalue weighted by molar-refractivity contribution is -0.131. The molecule has 0 unspecified atom stereocenters. The van der Waals surface area contributed by atoms with Gasteiger partial charge < -0.3 is 5.32 Å². The van der Waals surface area contributed by atoms with Gasteiger partial charge in [0, 0.05) is 16.9 Å². The zero-order valence-corrected chi connectivity index (χ0v) is 20.8. The summed E-state index contributed by atoms with van der Waals surface area (Å²) in [5.41, 5.74) is 2.74. The summed E-state index contributed by atoms with van der Waals surface area (Å²) in [4.78, 5) is 15.8. The molecule has 8 heteroatoms. The Bertz CT molecular complexity index is 1440. The van der Waals surface area contributed by atoms with Crippen LogP contribution in [-0.4, -0.2) is 23.8 Å². The number of thiophene rings is 1. The van der Waals surface area contributed by atoms with E-state index in [0.29, 0.717) is 10.6 Å². The normalized spacial score (nSPS) is 22.8. The Morgan fingerprint density at radius 3 is 2.49 bits per heavy atom.